The van der Waals surface area contributed by atoms with E-state index in [1.807, 2.05) is 29.8 Å². The van der Waals surface area contributed by atoms with Crippen LogP contribution in [0, 0.1) is 0 Å². The van der Waals surface area contributed by atoms with Gasteiger partial charge in [-0.2, -0.15) is 5.10 Å². The molecular formula is C16H22N2O. The van der Waals surface area contributed by atoms with Gasteiger partial charge in [-0.3, -0.25) is 4.68 Å². The van der Waals surface area contributed by atoms with E-state index in [2.05, 4.69) is 30.7 Å². The van der Waals surface area contributed by atoms with Gasteiger partial charge in [0.1, 0.15) is 0 Å². The van der Waals surface area contributed by atoms with E-state index in [4.69, 9.17) is 0 Å². The van der Waals surface area contributed by atoms with Crippen LogP contribution in [0.15, 0.2) is 36.9 Å². The smallest absolute Gasteiger partial charge is 0.0731 e. The molecule has 3 heteroatoms. The topological polar surface area (TPSA) is 38.1 Å². The molecule has 0 saturated heterocycles. The van der Waals surface area contributed by atoms with Gasteiger partial charge in [0.05, 0.1) is 16.8 Å². The maximum atomic E-state index is 10.4. The Kier molecular flexibility index (Phi) is 4.05. The Hall–Kier alpha value is -1.61. The van der Waals surface area contributed by atoms with Gasteiger partial charge < -0.3 is 5.11 Å². The molecule has 3 nitrogen and oxygen atoms in total. The predicted octanol–water partition coefficient (Wildman–Crippen LogP) is 3.32. The molecule has 0 spiro atoms. The second-order valence-electron chi connectivity index (χ2n) is 5.28. The quantitative estimate of drug-likeness (QED) is 0.807. The number of allylic oxidation sites excluding steroid dienone is 1. The molecule has 0 saturated carbocycles. The maximum absolute atomic E-state index is 10.4. The van der Waals surface area contributed by atoms with Gasteiger partial charge in [-0.15, -0.1) is 6.58 Å². The SMILES string of the molecule is C=CCCC(C)(O)Cc1nn(CC)c2ccccc12. The van der Waals surface area contributed by atoms with Crippen LogP contribution in [0.25, 0.3) is 10.9 Å². The third kappa shape index (κ3) is 3.04. The van der Waals surface area contributed by atoms with E-state index in [0.717, 1.165) is 29.6 Å². The van der Waals surface area contributed by atoms with E-state index in [9.17, 15) is 5.11 Å². The fourth-order valence-electron chi connectivity index (χ4n) is 2.43. The Morgan fingerprint density at radius 1 is 1.42 bits per heavy atom. The highest BCUT2D eigenvalue weighted by atomic mass is 16.3. The van der Waals surface area contributed by atoms with Crippen molar-refractivity contribution in [2.45, 2.75) is 45.3 Å². The first-order valence-electron chi connectivity index (χ1n) is 6.85. The number of fused-ring (bicyclic) bond motifs is 1. The molecule has 0 radical (unpaired) electrons. The number of benzene rings is 1. The normalized spacial score (nSPS) is 14.5. The first-order chi connectivity index (χ1) is 9.07. The van der Waals surface area contributed by atoms with Crippen LogP contribution in [0.3, 0.4) is 0 Å². The van der Waals surface area contributed by atoms with Gasteiger partial charge in [-0.25, -0.2) is 0 Å². The van der Waals surface area contributed by atoms with Crippen LogP contribution >= 0.6 is 0 Å². The van der Waals surface area contributed by atoms with Gasteiger partial charge in [0, 0.05) is 18.4 Å². The molecule has 102 valence electrons. The minimum atomic E-state index is -0.732. The van der Waals surface area contributed by atoms with E-state index < -0.39 is 5.60 Å². The zero-order valence-electron chi connectivity index (χ0n) is 11.8. The summed E-state index contributed by atoms with van der Waals surface area (Å²) in [5.74, 6) is 0. The minimum Gasteiger partial charge on any atom is -0.390 e. The highest BCUT2D eigenvalue weighted by Gasteiger charge is 2.23. The molecule has 0 aliphatic heterocycles. The molecule has 0 aliphatic carbocycles. The second kappa shape index (κ2) is 5.57. The molecule has 1 aromatic carbocycles. The summed E-state index contributed by atoms with van der Waals surface area (Å²) in [5, 5.41) is 16.2. The van der Waals surface area contributed by atoms with Crippen LogP contribution in [-0.4, -0.2) is 20.5 Å². The predicted molar refractivity (Wildman–Crippen MR) is 79.2 cm³/mol. The van der Waals surface area contributed by atoms with Crippen LogP contribution in [0.5, 0.6) is 0 Å². The van der Waals surface area contributed by atoms with Crippen molar-refractivity contribution in [3.05, 3.63) is 42.6 Å². The second-order valence-corrected chi connectivity index (χ2v) is 5.28. The minimum absolute atomic E-state index is 0.578. The Labute approximate surface area is 114 Å². The monoisotopic (exact) mass is 258 g/mol. The Morgan fingerprint density at radius 2 is 2.16 bits per heavy atom. The number of nitrogens with zero attached hydrogens (tertiary/aromatic N) is 2. The lowest BCUT2D eigenvalue weighted by Gasteiger charge is -2.21. The summed E-state index contributed by atoms with van der Waals surface area (Å²) in [6, 6.07) is 8.20. The molecule has 1 N–H and O–H groups in total. The van der Waals surface area contributed by atoms with Crippen molar-refractivity contribution in [3.8, 4) is 0 Å². The molecular weight excluding hydrogens is 236 g/mol. The van der Waals surface area contributed by atoms with Gasteiger partial charge in [0.2, 0.25) is 0 Å². The lowest BCUT2D eigenvalue weighted by atomic mass is 9.93. The highest BCUT2D eigenvalue weighted by Crippen LogP contribution is 2.24. The molecule has 0 amide bonds. The highest BCUT2D eigenvalue weighted by molar-refractivity contribution is 5.82. The summed E-state index contributed by atoms with van der Waals surface area (Å²) >= 11 is 0. The van der Waals surface area contributed by atoms with Crippen molar-refractivity contribution in [2.75, 3.05) is 0 Å². The molecule has 1 atom stereocenters. The summed E-state index contributed by atoms with van der Waals surface area (Å²) in [4.78, 5) is 0. The van der Waals surface area contributed by atoms with Crippen LogP contribution in [0.4, 0.5) is 0 Å². The lowest BCUT2D eigenvalue weighted by Crippen LogP contribution is -2.27. The van der Waals surface area contributed by atoms with Gasteiger partial charge in [-0.05, 0) is 32.8 Å². The molecule has 1 heterocycles. The van der Waals surface area contributed by atoms with Crippen molar-refractivity contribution in [1.29, 1.82) is 0 Å². The van der Waals surface area contributed by atoms with Crippen LogP contribution in [0.1, 0.15) is 32.4 Å². The summed E-state index contributed by atoms with van der Waals surface area (Å²) < 4.78 is 1.99. The van der Waals surface area contributed by atoms with Crippen molar-refractivity contribution >= 4 is 10.9 Å². The number of hydrogen-bond donors (Lipinski definition) is 1. The van der Waals surface area contributed by atoms with Crippen molar-refractivity contribution in [3.63, 3.8) is 0 Å². The van der Waals surface area contributed by atoms with E-state index >= 15 is 0 Å². The molecule has 1 unspecified atom stereocenters. The van der Waals surface area contributed by atoms with Gasteiger partial charge in [-0.1, -0.05) is 24.3 Å². The zero-order chi connectivity index (χ0) is 13.9. The summed E-state index contributed by atoms with van der Waals surface area (Å²) in [6.45, 7) is 8.50. The Morgan fingerprint density at radius 3 is 2.84 bits per heavy atom. The average Bonchev–Trinajstić information content (AvgIpc) is 2.74. The summed E-state index contributed by atoms with van der Waals surface area (Å²) in [5.41, 5.74) is 1.38. The van der Waals surface area contributed by atoms with Crippen LogP contribution in [0.2, 0.25) is 0 Å². The van der Waals surface area contributed by atoms with Crippen molar-refractivity contribution in [2.24, 2.45) is 0 Å². The van der Waals surface area contributed by atoms with Crippen LogP contribution in [-0.2, 0) is 13.0 Å². The molecule has 0 aliphatic rings. The Balaban J connectivity index is 2.32. The first-order valence-corrected chi connectivity index (χ1v) is 6.85. The van der Waals surface area contributed by atoms with Gasteiger partial charge >= 0.3 is 0 Å². The molecule has 2 aromatic rings. The third-order valence-electron chi connectivity index (χ3n) is 3.47. The van der Waals surface area contributed by atoms with Gasteiger partial charge in [0.25, 0.3) is 0 Å². The molecule has 19 heavy (non-hydrogen) atoms. The Bertz CT molecular complexity index is 569. The average molecular weight is 258 g/mol. The standard InChI is InChI=1S/C16H22N2O/c1-4-6-11-16(3,19)12-14-13-9-7-8-10-15(13)18(5-2)17-14/h4,7-10,19H,1,5-6,11-12H2,2-3H3. The van der Waals surface area contributed by atoms with Crippen LogP contribution < -0.4 is 0 Å². The maximum Gasteiger partial charge on any atom is 0.0731 e. The third-order valence-corrected chi connectivity index (χ3v) is 3.47. The first kappa shape index (κ1) is 13.8. The number of hydrogen-bond acceptors (Lipinski definition) is 2. The largest absolute Gasteiger partial charge is 0.390 e. The fraction of sp³-hybridized carbons (Fsp3) is 0.438. The van der Waals surface area contributed by atoms with Crippen molar-refractivity contribution < 1.29 is 5.11 Å². The van der Waals surface area contributed by atoms with E-state index in [0.29, 0.717) is 12.8 Å². The number of aromatic nitrogens is 2. The fourth-order valence-corrected chi connectivity index (χ4v) is 2.43. The molecule has 1 aromatic heterocycles. The van der Waals surface area contributed by atoms with Crippen molar-refractivity contribution in [1.82, 2.24) is 9.78 Å². The van der Waals surface area contributed by atoms with E-state index in [-0.39, 0.29) is 0 Å². The lowest BCUT2D eigenvalue weighted by molar-refractivity contribution is 0.0515. The van der Waals surface area contributed by atoms with E-state index in [1.165, 1.54) is 0 Å². The zero-order valence-corrected chi connectivity index (χ0v) is 11.8. The van der Waals surface area contributed by atoms with Gasteiger partial charge in [0.15, 0.2) is 0 Å². The number of para-hydroxylation sites is 1. The number of aryl methyl sites for hydroxylation is 1. The summed E-state index contributed by atoms with van der Waals surface area (Å²) in [6.07, 6.45) is 3.95. The molecule has 0 bridgehead atoms. The molecule has 2 rings (SSSR count). The van der Waals surface area contributed by atoms with E-state index in [1.54, 1.807) is 0 Å². The molecule has 0 fully saturated rings. The number of rotatable bonds is 6. The number of aliphatic hydroxyl groups is 1. The summed E-state index contributed by atoms with van der Waals surface area (Å²) in [7, 11) is 0.